The fraction of sp³-hybridized carbons (Fsp3) is 0.148. The molecule has 1 amide bonds. The summed E-state index contributed by atoms with van der Waals surface area (Å²) in [4.78, 5) is 21.2. The van der Waals surface area contributed by atoms with Gasteiger partial charge in [0.2, 0.25) is 0 Å². The first-order valence-electron chi connectivity index (χ1n) is 11.9. The zero-order valence-electron chi connectivity index (χ0n) is 21.1. The summed E-state index contributed by atoms with van der Waals surface area (Å²) in [5.74, 6) is 6.30. The average molecular weight is 524 g/mol. The van der Waals surface area contributed by atoms with Gasteiger partial charge in [0.25, 0.3) is 5.91 Å². The number of thiazole rings is 1. The number of nitrogens with zero attached hydrogens (tertiary/aromatic N) is 7. The molecule has 38 heavy (non-hydrogen) atoms. The molecule has 0 saturated heterocycles. The van der Waals surface area contributed by atoms with E-state index in [0.29, 0.717) is 11.2 Å². The summed E-state index contributed by atoms with van der Waals surface area (Å²) in [6, 6.07) is 14.0. The topological polar surface area (TPSA) is 120 Å². The summed E-state index contributed by atoms with van der Waals surface area (Å²) in [5, 5.41) is 12.8. The van der Waals surface area contributed by atoms with Crippen LogP contribution in [0.3, 0.4) is 0 Å². The van der Waals surface area contributed by atoms with Crippen molar-refractivity contribution in [3.63, 3.8) is 0 Å². The van der Waals surface area contributed by atoms with Crippen LogP contribution in [0.4, 0.5) is 5.82 Å². The molecule has 0 atom stereocenters. The number of aryl methyl sites for hydroxylation is 2. The van der Waals surface area contributed by atoms with Gasteiger partial charge in [-0.05, 0) is 30.4 Å². The maximum atomic E-state index is 11.4. The molecule has 0 aliphatic heterocycles. The van der Waals surface area contributed by atoms with Crippen LogP contribution in [0.5, 0.6) is 0 Å². The summed E-state index contributed by atoms with van der Waals surface area (Å²) < 4.78 is 5.39. The molecule has 0 fully saturated rings. The quantitative estimate of drug-likeness (QED) is 0.343. The van der Waals surface area contributed by atoms with Crippen molar-refractivity contribution in [2.75, 3.05) is 12.8 Å². The highest BCUT2D eigenvalue weighted by Gasteiger charge is 2.17. The Morgan fingerprint density at radius 2 is 1.92 bits per heavy atom. The minimum atomic E-state index is -0.281. The van der Waals surface area contributed by atoms with E-state index < -0.39 is 0 Å². The van der Waals surface area contributed by atoms with Crippen molar-refractivity contribution in [3.8, 4) is 23.1 Å². The first kappa shape index (κ1) is 24.7. The van der Waals surface area contributed by atoms with Crippen LogP contribution in [0.25, 0.3) is 21.9 Å². The molecule has 10 nitrogen and oxygen atoms in total. The van der Waals surface area contributed by atoms with Crippen molar-refractivity contribution in [2.45, 2.75) is 13.3 Å². The number of nitrogen functional groups attached to an aromatic ring is 1. The zero-order valence-corrected chi connectivity index (χ0v) is 21.9. The van der Waals surface area contributed by atoms with E-state index in [0.717, 1.165) is 34.2 Å². The van der Waals surface area contributed by atoms with Gasteiger partial charge >= 0.3 is 0 Å². The fourth-order valence-corrected chi connectivity index (χ4v) is 4.83. The van der Waals surface area contributed by atoms with Crippen LogP contribution in [0.2, 0.25) is 0 Å². The number of nitrogens with one attached hydrogen (secondary N) is 1. The van der Waals surface area contributed by atoms with Crippen LogP contribution in [0.15, 0.2) is 66.4 Å². The summed E-state index contributed by atoms with van der Waals surface area (Å²) in [6.45, 7) is 2.14. The molecule has 0 saturated carbocycles. The Morgan fingerprint density at radius 1 is 1.11 bits per heavy atom. The maximum absolute atomic E-state index is 11.4. The molecule has 0 spiro atoms. The Labute approximate surface area is 222 Å². The number of nitrogens with two attached hydrogens (primary N) is 1. The number of fused-ring (bicyclic) bond motifs is 2. The van der Waals surface area contributed by atoms with Gasteiger partial charge in [-0.1, -0.05) is 37.3 Å². The minimum absolute atomic E-state index is 0.183. The summed E-state index contributed by atoms with van der Waals surface area (Å²) >= 11 is 1.62. The average Bonchev–Trinajstić information content (AvgIpc) is 3.70. The highest BCUT2D eigenvalue weighted by Crippen LogP contribution is 2.29. The monoisotopic (exact) mass is 523 g/mol. The Balaban J connectivity index is 0.000000179. The number of anilines is 1. The molecule has 0 aliphatic carbocycles. The standard InChI is InChI=1S/C19H16N4S.C8H9N5O/c1-3-17-18(14-7-5-4-6-8-14)23-16(13-24-19(23)20-17)10-9-15-11-12-22(2)21-15;1-10-8(14)5-6(9)12-13-4-2-3-11-7(5)13/h4-8,11-13H,3H2,1-2H3;2-4H,1H3,(H2,9,12)(H,10,14). The zero-order chi connectivity index (χ0) is 26.6. The molecule has 0 unspecified atom stereocenters. The van der Waals surface area contributed by atoms with E-state index in [1.807, 2.05) is 25.4 Å². The third-order valence-electron chi connectivity index (χ3n) is 5.73. The summed E-state index contributed by atoms with van der Waals surface area (Å²) in [7, 11) is 3.43. The van der Waals surface area contributed by atoms with Gasteiger partial charge in [0.05, 0.1) is 11.4 Å². The first-order valence-corrected chi connectivity index (χ1v) is 12.7. The second-order valence-electron chi connectivity index (χ2n) is 8.22. The molecule has 0 bridgehead atoms. The lowest BCUT2D eigenvalue weighted by molar-refractivity contribution is 0.0965. The molecule has 6 rings (SSSR count). The molecule has 0 radical (unpaired) electrons. The van der Waals surface area contributed by atoms with Gasteiger partial charge in [-0.2, -0.15) is 5.10 Å². The number of carbonyl (C=O) groups is 1. The van der Waals surface area contributed by atoms with Crippen LogP contribution < -0.4 is 11.1 Å². The van der Waals surface area contributed by atoms with Gasteiger partial charge in [0.1, 0.15) is 17.0 Å². The highest BCUT2D eigenvalue weighted by molar-refractivity contribution is 7.15. The molecule has 3 N–H and O–H groups in total. The molecular formula is C27H25N9OS. The summed E-state index contributed by atoms with van der Waals surface area (Å²) in [5.41, 5.74) is 11.5. The smallest absolute Gasteiger partial charge is 0.258 e. The third kappa shape index (κ3) is 4.72. The number of hydrogen-bond acceptors (Lipinski definition) is 7. The lowest BCUT2D eigenvalue weighted by Crippen LogP contribution is -2.19. The van der Waals surface area contributed by atoms with Crippen LogP contribution in [-0.2, 0) is 13.5 Å². The van der Waals surface area contributed by atoms with E-state index in [9.17, 15) is 4.79 Å². The van der Waals surface area contributed by atoms with E-state index in [1.165, 1.54) is 17.1 Å². The Hall–Kier alpha value is -4.95. The Kier molecular flexibility index (Phi) is 6.88. The number of aromatic nitrogens is 7. The number of amides is 1. The third-order valence-corrected chi connectivity index (χ3v) is 6.55. The number of carbonyl (C=O) groups excluding carboxylic acids is 1. The van der Waals surface area contributed by atoms with E-state index in [4.69, 9.17) is 10.7 Å². The van der Waals surface area contributed by atoms with Crippen molar-refractivity contribution in [3.05, 3.63) is 89.1 Å². The molecule has 6 aromatic rings. The molecule has 11 heteroatoms. The van der Waals surface area contributed by atoms with Gasteiger partial charge < -0.3 is 11.1 Å². The maximum Gasteiger partial charge on any atom is 0.258 e. The van der Waals surface area contributed by atoms with Crippen molar-refractivity contribution >= 4 is 33.7 Å². The molecule has 5 aromatic heterocycles. The lowest BCUT2D eigenvalue weighted by atomic mass is 10.1. The van der Waals surface area contributed by atoms with Crippen LogP contribution in [0, 0.1) is 11.8 Å². The van der Waals surface area contributed by atoms with E-state index in [-0.39, 0.29) is 11.7 Å². The lowest BCUT2D eigenvalue weighted by Gasteiger charge is -2.03. The van der Waals surface area contributed by atoms with Crippen LogP contribution in [0.1, 0.15) is 34.4 Å². The van der Waals surface area contributed by atoms with Gasteiger partial charge in [-0.25, -0.2) is 14.5 Å². The van der Waals surface area contributed by atoms with Crippen molar-refractivity contribution in [2.24, 2.45) is 7.05 Å². The second-order valence-corrected chi connectivity index (χ2v) is 9.05. The highest BCUT2D eigenvalue weighted by atomic mass is 32.1. The number of hydrogen-bond donors (Lipinski definition) is 2. The largest absolute Gasteiger partial charge is 0.381 e. The van der Waals surface area contributed by atoms with Gasteiger partial charge in [0.15, 0.2) is 16.4 Å². The van der Waals surface area contributed by atoms with E-state index >= 15 is 0 Å². The summed E-state index contributed by atoms with van der Waals surface area (Å²) in [6.07, 6.45) is 6.06. The Morgan fingerprint density at radius 3 is 2.63 bits per heavy atom. The van der Waals surface area contributed by atoms with Gasteiger partial charge in [-0.3, -0.25) is 13.9 Å². The number of rotatable bonds is 3. The molecule has 5 heterocycles. The molecule has 0 aliphatic rings. The molecule has 1 aromatic carbocycles. The SMILES string of the molecule is CCc1nc2scc(C#Cc3ccn(C)n3)n2c1-c1ccccc1.CNC(=O)c1c(N)nn2cccnc12. The number of benzene rings is 1. The predicted molar refractivity (Wildman–Crippen MR) is 148 cm³/mol. The number of imidazole rings is 1. The van der Waals surface area contributed by atoms with Crippen molar-refractivity contribution < 1.29 is 4.79 Å². The van der Waals surface area contributed by atoms with Crippen LogP contribution in [-0.4, -0.2) is 46.7 Å². The van der Waals surface area contributed by atoms with Gasteiger partial charge in [-0.15, -0.1) is 16.4 Å². The van der Waals surface area contributed by atoms with Crippen LogP contribution >= 0.6 is 11.3 Å². The van der Waals surface area contributed by atoms with Gasteiger partial charge in [0, 0.05) is 43.6 Å². The van der Waals surface area contributed by atoms with E-state index in [2.05, 4.69) is 73.3 Å². The predicted octanol–water partition coefficient (Wildman–Crippen LogP) is 3.43. The fourth-order valence-electron chi connectivity index (χ4n) is 3.99. The molecule has 190 valence electrons. The minimum Gasteiger partial charge on any atom is -0.381 e. The Bertz CT molecular complexity index is 1800. The molecular weight excluding hydrogens is 498 g/mol. The normalized spacial score (nSPS) is 10.6. The second kappa shape index (κ2) is 10.6. The van der Waals surface area contributed by atoms with Crippen molar-refractivity contribution in [1.29, 1.82) is 0 Å². The first-order chi connectivity index (χ1) is 18.5. The van der Waals surface area contributed by atoms with Crippen molar-refractivity contribution in [1.82, 2.24) is 39.1 Å². The van der Waals surface area contributed by atoms with E-state index in [1.54, 1.807) is 34.5 Å².